The highest BCUT2D eigenvalue weighted by Gasteiger charge is 2.07. The number of aldehydes is 1. The Morgan fingerprint density at radius 1 is 0.879 bits per heavy atom. The second kappa shape index (κ2) is 13.0. The molecule has 0 unspecified atom stereocenters. The Kier molecular flexibility index (Phi) is 10.0. The number of methoxy groups -OCH3 is 1. The minimum absolute atomic E-state index is 0.103. The normalized spacial score (nSPS) is 9.85. The fraction of sp³-hybridized carbons (Fsp3) is 0.250. The summed E-state index contributed by atoms with van der Waals surface area (Å²) in [5.74, 6) is 0.805. The molecule has 0 aliphatic heterocycles. The molecule has 3 aromatic carbocycles. The molecule has 0 amide bonds. The lowest BCUT2D eigenvalue weighted by Crippen LogP contribution is -2.23. The first kappa shape index (κ1) is 25.5. The molecule has 33 heavy (non-hydrogen) atoms. The number of hydrogen-bond acceptors (Lipinski definition) is 4. The van der Waals surface area contributed by atoms with Crippen molar-refractivity contribution in [2.45, 2.75) is 40.7 Å². The van der Waals surface area contributed by atoms with Gasteiger partial charge >= 0.3 is 0 Å². The third-order valence-electron chi connectivity index (χ3n) is 5.00. The maximum atomic E-state index is 12.8. The van der Waals surface area contributed by atoms with Gasteiger partial charge in [-0.25, -0.2) is 4.68 Å². The minimum Gasteiger partial charge on any atom is -0.497 e. The number of carbonyl (C=O) groups is 1. The first-order chi connectivity index (χ1) is 16.2. The quantitative estimate of drug-likeness (QED) is 0.333. The lowest BCUT2D eigenvalue weighted by atomic mass is 10.0. The van der Waals surface area contributed by atoms with E-state index in [0.29, 0.717) is 23.9 Å². The van der Waals surface area contributed by atoms with Gasteiger partial charge in [0.15, 0.2) is 0 Å². The summed E-state index contributed by atoms with van der Waals surface area (Å²) in [6.45, 7) is 8.48. The molecule has 0 bridgehead atoms. The summed E-state index contributed by atoms with van der Waals surface area (Å²) in [5.41, 5.74) is 3.67. The van der Waals surface area contributed by atoms with Crippen LogP contribution in [0.5, 0.6) is 5.75 Å². The Bertz CT molecular complexity index is 1210. The molecule has 0 saturated heterocycles. The monoisotopic (exact) mass is 444 g/mol. The molecule has 0 saturated carbocycles. The average Bonchev–Trinajstić information content (AvgIpc) is 2.91. The van der Waals surface area contributed by atoms with Crippen LogP contribution in [0.25, 0.3) is 21.9 Å². The van der Waals surface area contributed by atoms with E-state index in [4.69, 9.17) is 4.74 Å². The molecule has 1 heterocycles. The summed E-state index contributed by atoms with van der Waals surface area (Å²) in [4.78, 5) is 23.6. The van der Waals surface area contributed by atoms with Crippen molar-refractivity contribution in [2.75, 3.05) is 7.11 Å². The second-order valence-electron chi connectivity index (χ2n) is 6.81. The molecule has 5 nitrogen and oxygen atoms in total. The maximum absolute atomic E-state index is 12.8. The number of aromatic nitrogens is 2. The minimum atomic E-state index is -0.103. The van der Waals surface area contributed by atoms with E-state index in [9.17, 15) is 9.59 Å². The van der Waals surface area contributed by atoms with Gasteiger partial charge in [-0.3, -0.25) is 9.59 Å². The fourth-order valence-electron chi connectivity index (χ4n) is 3.31. The van der Waals surface area contributed by atoms with E-state index in [1.54, 1.807) is 25.4 Å². The molecule has 0 aliphatic rings. The number of ether oxygens (including phenoxy) is 1. The summed E-state index contributed by atoms with van der Waals surface area (Å²) in [5, 5.41) is 5.81. The number of fused-ring (bicyclic) bond motifs is 1. The van der Waals surface area contributed by atoms with E-state index in [1.165, 1.54) is 4.68 Å². The van der Waals surface area contributed by atoms with Crippen molar-refractivity contribution < 1.29 is 9.53 Å². The van der Waals surface area contributed by atoms with E-state index in [2.05, 4.69) is 5.10 Å². The molecular formula is C28H32N2O3. The van der Waals surface area contributed by atoms with Gasteiger partial charge in [0.1, 0.15) is 12.0 Å². The van der Waals surface area contributed by atoms with Crippen molar-refractivity contribution in [3.8, 4) is 16.9 Å². The maximum Gasteiger partial charge on any atom is 0.274 e. The number of carbonyl (C=O) groups excluding carboxylic acids is 1. The first-order valence-corrected chi connectivity index (χ1v) is 11.4. The van der Waals surface area contributed by atoms with E-state index in [1.807, 2.05) is 82.3 Å². The van der Waals surface area contributed by atoms with Crippen LogP contribution in [0.15, 0.2) is 77.7 Å². The molecule has 0 fully saturated rings. The van der Waals surface area contributed by atoms with E-state index in [0.717, 1.165) is 34.1 Å². The van der Waals surface area contributed by atoms with E-state index >= 15 is 0 Å². The summed E-state index contributed by atoms with van der Waals surface area (Å²) in [7, 11) is 1.64. The van der Waals surface area contributed by atoms with Gasteiger partial charge < -0.3 is 4.74 Å². The smallest absolute Gasteiger partial charge is 0.274 e. The highest BCUT2D eigenvalue weighted by atomic mass is 16.5. The molecule has 0 atom stereocenters. The number of hydrogen-bond donors (Lipinski definition) is 0. The van der Waals surface area contributed by atoms with E-state index in [-0.39, 0.29) is 5.56 Å². The van der Waals surface area contributed by atoms with Crippen molar-refractivity contribution in [3.63, 3.8) is 0 Å². The number of benzene rings is 3. The SMILES string of the molecule is CC.CC.COc1ccc(-c2ccc3c(=O)n(CCc4ccc(C=O)cc4)ncc3c2)cc1. The van der Waals surface area contributed by atoms with Gasteiger partial charge in [-0.05, 0) is 47.4 Å². The van der Waals surface area contributed by atoms with Crippen LogP contribution >= 0.6 is 0 Å². The standard InChI is InChI=1S/C24H20N2O3.2C2H6/c1-29-22-9-6-19(7-10-22)20-8-11-23-21(14-20)15-25-26(24(23)28)13-12-17-2-4-18(16-27)5-3-17;2*1-2/h2-11,14-16H,12-13H2,1H3;2*1-2H3. The first-order valence-electron chi connectivity index (χ1n) is 11.4. The molecule has 0 aliphatic carbocycles. The van der Waals surface area contributed by atoms with Crippen LogP contribution in [0.4, 0.5) is 0 Å². The predicted octanol–water partition coefficient (Wildman–Crippen LogP) is 6.18. The zero-order chi connectivity index (χ0) is 24.2. The Morgan fingerprint density at radius 2 is 1.52 bits per heavy atom. The molecule has 0 radical (unpaired) electrons. The van der Waals surface area contributed by atoms with Gasteiger partial charge in [0.25, 0.3) is 5.56 Å². The van der Waals surface area contributed by atoms with Crippen LogP contribution in [0.1, 0.15) is 43.6 Å². The Balaban J connectivity index is 0.000000914. The van der Waals surface area contributed by atoms with Crippen LogP contribution in [-0.4, -0.2) is 23.2 Å². The molecule has 0 spiro atoms. The van der Waals surface area contributed by atoms with Crippen molar-refractivity contribution in [1.82, 2.24) is 9.78 Å². The number of nitrogens with zero attached hydrogens (tertiary/aromatic N) is 2. The summed E-state index contributed by atoms with van der Waals surface area (Å²) in [6, 6.07) is 21.0. The summed E-state index contributed by atoms with van der Waals surface area (Å²) in [6.07, 6.45) is 3.22. The number of rotatable bonds is 6. The topological polar surface area (TPSA) is 61.2 Å². The average molecular weight is 445 g/mol. The molecular weight excluding hydrogens is 412 g/mol. The largest absolute Gasteiger partial charge is 0.497 e. The lowest BCUT2D eigenvalue weighted by Gasteiger charge is -2.08. The third kappa shape index (κ3) is 6.39. The van der Waals surface area contributed by atoms with Crippen molar-refractivity contribution in [3.05, 3.63) is 94.4 Å². The van der Waals surface area contributed by atoms with Gasteiger partial charge in [-0.1, -0.05) is 70.2 Å². The molecule has 5 heteroatoms. The second-order valence-corrected chi connectivity index (χ2v) is 6.81. The fourth-order valence-corrected chi connectivity index (χ4v) is 3.31. The molecule has 4 rings (SSSR count). The molecule has 172 valence electrons. The lowest BCUT2D eigenvalue weighted by molar-refractivity contribution is 0.112. The van der Waals surface area contributed by atoms with Crippen LogP contribution in [0.2, 0.25) is 0 Å². The highest BCUT2D eigenvalue weighted by Crippen LogP contribution is 2.24. The zero-order valence-corrected chi connectivity index (χ0v) is 20.0. The van der Waals surface area contributed by atoms with Crippen molar-refractivity contribution in [1.29, 1.82) is 0 Å². The van der Waals surface area contributed by atoms with Crippen LogP contribution in [0, 0.1) is 0 Å². The van der Waals surface area contributed by atoms with Crippen molar-refractivity contribution in [2.24, 2.45) is 0 Å². The third-order valence-corrected chi connectivity index (χ3v) is 5.00. The predicted molar refractivity (Wildman–Crippen MR) is 136 cm³/mol. The van der Waals surface area contributed by atoms with Crippen molar-refractivity contribution >= 4 is 17.1 Å². The van der Waals surface area contributed by atoms with Gasteiger partial charge in [-0.15, -0.1) is 0 Å². The van der Waals surface area contributed by atoms with Gasteiger partial charge in [0, 0.05) is 17.5 Å². The Hall–Kier alpha value is -3.73. The Labute approximate surface area is 195 Å². The van der Waals surface area contributed by atoms with E-state index < -0.39 is 0 Å². The van der Waals surface area contributed by atoms with Gasteiger partial charge in [0.05, 0.1) is 18.7 Å². The number of aryl methyl sites for hydroxylation is 2. The molecule has 0 N–H and O–H groups in total. The summed E-state index contributed by atoms with van der Waals surface area (Å²) < 4.78 is 6.69. The van der Waals surface area contributed by atoms with Crippen LogP contribution in [0.3, 0.4) is 0 Å². The molecule has 1 aromatic heterocycles. The van der Waals surface area contributed by atoms with Gasteiger partial charge in [0.2, 0.25) is 0 Å². The summed E-state index contributed by atoms with van der Waals surface area (Å²) >= 11 is 0. The molecule has 4 aromatic rings. The Morgan fingerprint density at radius 3 is 2.12 bits per heavy atom. The van der Waals surface area contributed by atoms with Crippen LogP contribution < -0.4 is 10.3 Å². The highest BCUT2D eigenvalue weighted by molar-refractivity contribution is 5.86. The van der Waals surface area contributed by atoms with Gasteiger partial charge in [-0.2, -0.15) is 5.10 Å². The van der Waals surface area contributed by atoms with Crippen LogP contribution in [-0.2, 0) is 13.0 Å². The zero-order valence-electron chi connectivity index (χ0n) is 20.0.